The SMILES string of the molecule is CCc1ccc(-c2ccc3c(=O)n4c(nc3c2)CCC2(CC4)OCCO2)cc1. The third-order valence-corrected chi connectivity index (χ3v) is 5.99. The van der Waals surface area contributed by atoms with Crippen molar-refractivity contribution in [2.24, 2.45) is 0 Å². The van der Waals surface area contributed by atoms with Crippen LogP contribution < -0.4 is 5.56 Å². The Morgan fingerprint density at radius 2 is 1.79 bits per heavy atom. The Kier molecular flexibility index (Phi) is 4.29. The number of rotatable bonds is 2. The maximum atomic E-state index is 13.1. The Labute approximate surface area is 163 Å². The van der Waals surface area contributed by atoms with Crippen molar-refractivity contribution in [1.82, 2.24) is 9.55 Å². The lowest BCUT2D eigenvalue weighted by Gasteiger charge is -2.24. The largest absolute Gasteiger partial charge is 0.347 e. The van der Waals surface area contributed by atoms with E-state index in [0.717, 1.165) is 35.3 Å². The molecule has 2 aliphatic rings. The van der Waals surface area contributed by atoms with Gasteiger partial charge in [0, 0.05) is 25.8 Å². The van der Waals surface area contributed by atoms with Crippen molar-refractivity contribution in [3.63, 3.8) is 0 Å². The molecule has 0 bridgehead atoms. The van der Waals surface area contributed by atoms with E-state index in [1.165, 1.54) is 5.56 Å². The third kappa shape index (κ3) is 2.95. The van der Waals surface area contributed by atoms with Crippen molar-refractivity contribution in [2.75, 3.05) is 13.2 Å². The second kappa shape index (κ2) is 6.83. The minimum Gasteiger partial charge on any atom is -0.347 e. The highest BCUT2D eigenvalue weighted by molar-refractivity contribution is 5.83. The topological polar surface area (TPSA) is 53.4 Å². The van der Waals surface area contributed by atoms with Gasteiger partial charge in [0.05, 0.1) is 24.1 Å². The molecule has 2 aliphatic heterocycles. The molecular weight excluding hydrogens is 352 g/mol. The van der Waals surface area contributed by atoms with E-state index in [2.05, 4.69) is 31.2 Å². The molecule has 5 heteroatoms. The van der Waals surface area contributed by atoms with Crippen LogP contribution in [0.15, 0.2) is 47.3 Å². The van der Waals surface area contributed by atoms with Crippen LogP contribution in [0, 0.1) is 0 Å². The zero-order valence-electron chi connectivity index (χ0n) is 16.1. The summed E-state index contributed by atoms with van der Waals surface area (Å²) in [7, 11) is 0. The standard InChI is InChI=1S/C23H24N2O3/c1-2-16-3-5-17(6-4-16)18-7-8-19-20(15-18)24-21-9-10-23(27-13-14-28-23)11-12-25(21)22(19)26/h3-8,15H,2,9-14H2,1H3. The average Bonchev–Trinajstić information content (AvgIpc) is 3.12. The number of hydrogen-bond acceptors (Lipinski definition) is 4. The van der Waals surface area contributed by atoms with Crippen LogP contribution in [0.25, 0.3) is 22.0 Å². The Morgan fingerprint density at radius 1 is 1.04 bits per heavy atom. The van der Waals surface area contributed by atoms with Gasteiger partial charge in [0.2, 0.25) is 0 Å². The predicted octanol–water partition coefficient (Wildman–Crippen LogP) is 3.71. The zero-order chi connectivity index (χ0) is 19.1. The first kappa shape index (κ1) is 17.6. The molecule has 5 rings (SSSR count). The molecule has 1 fully saturated rings. The lowest BCUT2D eigenvalue weighted by atomic mass is 10.0. The molecule has 0 amide bonds. The van der Waals surface area contributed by atoms with E-state index >= 15 is 0 Å². The van der Waals surface area contributed by atoms with E-state index in [0.29, 0.717) is 38.0 Å². The fourth-order valence-corrected chi connectivity index (χ4v) is 4.30. The molecule has 0 radical (unpaired) electrons. The van der Waals surface area contributed by atoms with E-state index < -0.39 is 5.79 Å². The van der Waals surface area contributed by atoms with Crippen molar-refractivity contribution < 1.29 is 9.47 Å². The first-order chi connectivity index (χ1) is 13.7. The molecular formula is C23H24N2O3. The molecule has 0 N–H and O–H groups in total. The third-order valence-electron chi connectivity index (χ3n) is 5.99. The summed E-state index contributed by atoms with van der Waals surface area (Å²) < 4.78 is 13.5. The van der Waals surface area contributed by atoms with Gasteiger partial charge in [-0.2, -0.15) is 0 Å². The summed E-state index contributed by atoms with van der Waals surface area (Å²) in [6.45, 7) is 3.99. The number of ether oxygens (including phenoxy) is 2. The van der Waals surface area contributed by atoms with E-state index in [-0.39, 0.29) is 5.56 Å². The Balaban J connectivity index is 1.55. The Morgan fingerprint density at radius 3 is 2.54 bits per heavy atom. The summed E-state index contributed by atoms with van der Waals surface area (Å²) in [4.78, 5) is 18.0. The van der Waals surface area contributed by atoms with Crippen LogP contribution in [0.5, 0.6) is 0 Å². The van der Waals surface area contributed by atoms with Crippen LogP contribution in [0.2, 0.25) is 0 Å². The molecule has 0 saturated carbocycles. The molecule has 2 aromatic carbocycles. The van der Waals surface area contributed by atoms with E-state index in [4.69, 9.17) is 14.5 Å². The van der Waals surface area contributed by atoms with Crippen LogP contribution in [-0.4, -0.2) is 28.6 Å². The van der Waals surface area contributed by atoms with Crippen LogP contribution in [-0.2, 0) is 28.9 Å². The second-order valence-corrected chi connectivity index (χ2v) is 7.62. The van der Waals surface area contributed by atoms with Crippen molar-refractivity contribution >= 4 is 10.9 Å². The van der Waals surface area contributed by atoms with Gasteiger partial charge in [0.15, 0.2) is 5.79 Å². The molecule has 1 aromatic heterocycles. The maximum Gasteiger partial charge on any atom is 0.261 e. The van der Waals surface area contributed by atoms with Gasteiger partial charge in [-0.1, -0.05) is 37.3 Å². The van der Waals surface area contributed by atoms with Gasteiger partial charge in [-0.3, -0.25) is 9.36 Å². The molecule has 5 nitrogen and oxygen atoms in total. The van der Waals surface area contributed by atoms with E-state index in [9.17, 15) is 4.79 Å². The van der Waals surface area contributed by atoms with Gasteiger partial charge < -0.3 is 9.47 Å². The average molecular weight is 376 g/mol. The van der Waals surface area contributed by atoms with E-state index in [1.54, 1.807) is 4.57 Å². The minimum atomic E-state index is -0.543. The highest BCUT2D eigenvalue weighted by Crippen LogP contribution is 2.32. The molecule has 1 spiro atoms. The van der Waals surface area contributed by atoms with Gasteiger partial charge in [0.1, 0.15) is 5.82 Å². The van der Waals surface area contributed by atoms with Gasteiger partial charge in [-0.05, 0) is 35.2 Å². The lowest BCUT2D eigenvalue weighted by Crippen LogP contribution is -2.31. The number of hydrogen-bond donors (Lipinski definition) is 0. The Bertz CT molecular complexity index is 1080. The zero-order valence-corrected chi connectivity index (χ0v) is 16.1. The van der Waals surface area contributed by atoms with Gasteiger partial charge >= 0.3 is 0 Å². The summed E-state index contributed by atoms with van der Waals surface area (Å²) in [5.41, 5.74) is 4.33. The summed E-state index contributed by atoms with van der Waals surface area (Å²) in [6, 6.07) is 14.5. The van der Waals surface area contributed by atoms with Gasteiger partial charge in [-0.25, -0.2) is 4.98 Å². The first-order valence-corrected chi connectivity index (χ1v) is 10.1. The molecule has 0 unspecified atom stereocenters. The van der Waals surface area contributed by atoms with Gasteiger partial charge in [-0.15, -0.1) is 0 Å². The maximum absolute atomic E-state index is 13.1. The summed E-state index contributed by atoms with van der Waals surface area (Å²) in [5, 5.41) is 0.668. The predicted molar refractivity (Wildman–Crippen MR) is 108 cm³/mol. The molecule has 3 aromatic rings. The minimum absolute atomic E-state index is 0.0305. The quantitative estimate of drug-likeness (QED) is 0.684. The highest BCUT2D eigenvalue weighted by Gasteiger charge is 2.38. The monoisotopic (exact) mass is 376 g/mol. The number of nitrogens with zero attached hydrogens (tertiary/aromatic N) is 2. The van der Waals surface area contributed by atoms with Crippen LogP contribution in [0.1, 0.15) is 31.2 Å². The van der Waals surface area contributed by atoms with E-state index in [1.807, 2.05) is 18.2 Å². The smallest absolute Gasteiger partial charge is 0.261 e. The lowest BCUT2D eigenvalue weighted by molar-refractivity contribution is -0.165. The van der Waals surface area contributed by atoms with Crippen molar-refractivity contribution in [1.29, 1.82) is 0 Å². The summed E-state index contributed by atoms with van der Waals surface area (Å²) >= 11 is 0. The van der Waals surface area contributed by atoms with Crippen LogP contribution >= 0.6 is 0 Å². The van der Waals surface area contributed by atoms with Gasteiger partial charge in [0.25, 0.3) is 5.56 Å². The molecule has 0 aliphatic carbocycles. The van der Waals surface area contributed by atoms with Crippen molar-refractivity contribution in [3.05, 3.63) is 64.2 Å². The number of aromatic nitrogens is 2. The second-order valence-electron chi connectivity index (χ2n) is 7.62. The molecule has 0 atom stereocenters. The summed E-state index contributed by atoms with van der Waals surface area (Å²) in [6.07, 6.45) is 3.13. The Hall–Kier alpha value is -2.50. The van der Waals surface area contributed by atoms with Crippen molar-refractivity contribution in [2.45, 2.75) is 44.9 Å². The summed E-state index contributed by atoms with van der Waals surface area (Å²) in [5.74, 6) is 0.283. The molecule has 3 heterocycles. The molecule has 144 valence electrons. The number of aryl methyl sites for hydroxylation is 2. The first-order valence-electron chi connectivity index (χ1n) is 10.1. The molecule has 28 heavy (non-hydrogen) atoms. The highest BCUT2D eigenvalue weighted by atomic mass is 16.7. The number of benzene rings is 2. The van der Waals surface area contributed by atoms with Crippen LogP contribution in [0.4, 0.5) is 0 Å². The molecule has 1 saturated heterocycles. The van der Waals surface area contributed by atoms with Crippen molar-refractivity contribution in [3.8, 4) is 11.1 Å². The van der Waals surface area contributed by atoms with Crippen LogP contribution in [0.3, 0.4) is 0 Å². The fraction of sp³-hybridized carbons (Fsp3) is 0.391. The number of fused-ring (bicyclic) bond motifs is 2. The normalized spacial score (nSPS) is 18.3. The fourth-order valence-electron chi connectivity index (χ4n) is 4.30.